The molecule has 0 saturated carbocycles. The zero-order valence-corrected chi connectivity index (χ0v) is 17.0. The molecule has 28 heavy (non-hydrogen) atoms. The number of carbonyl (C=O) groups excluding carboxylic acids is 2. The molecule has 0 aliphatic carbocycles. The van der Waals surface area contributed by atoms with Crippen LogP contribution in [0, 0.1) is 6.92 Å². The zero-order chi connectivity index (χ0) is 20.3. The number of aryl methyl sites for hydroxylation is 2. The number of hydrogen-bond donors (Lipinski definition) is 1. The largest absolute Gasteiger partial charge is 0.465 e. The van der Waals surface area contributed by atoms with E-state index in [9.17, 15) is 9.59 Å². The van der Waals surface area contributed by atoms with Gasteiger partial charge in [-0.05, 0) is 43.2 Å². The lowest BCUT2D eigenvalue weighted by Gasteiger charge is -2.13. The summed E-state index contributed by atoms with van der Waals surface area (Å²) < 4.78 is 6.80. The number of benzene rings is 2. The number of amides is 1. The predicted molar refractivity (Wildman–Crippen MR) is 112 cm³/mol. The number of halogens is 1. The Hall–Kier alpha value is -2.79. The van der Waals surface area contributed by atoms with Gasteiger partial charge in [0.1, 0.15) is 5.69 Å². The Labute approximate surface area is 169 Å². The van der Waals surface area contributed by atoms with E-state index < -0.39 is 5.97 Å². The van der Waals surface area contributed by atoms with Crippen LogP contribution in [-0.2, 0) is 11.3 Å². The number of fused-ring (bicyclic) bond motifs is 1. The summed E-state index contributed by atoms with van der Waals surface area (Å²) in [7, 11) is 1.31. The van der Waals surface area contributed by atoms with Gasteiger partial charge in [-0.15, -0.1) is 0 Å². The summed E-state index contributed by atoms with van der Waals surface area (Å²) in [5, 5.41) is 4.28. The van der Waals surface area contributed by atoms with Crippen LogP contribution < -0.4 is 5.32 Å². The van der Waals surface area contributed by atoms with Gasteiger partial charge in [0.2, 0.25) is 0 Å². The third-order valence-corrected chi connectivity index (χ3v) is 5.14. The molecule has 6 heteroatoms. The summed E-state index contributed by atoms with van der Waals surface area (Å²) >= 11 is 6.24. The van der Waals surface area contributed by atoms with E-state index in [-0.39, 0.29) is 5.91 Å². The van der Waals surface area contributed by atoms with E-state index in [1.54, 1.807) is 12.1 Å². The highest BCUT2D eigenvalue weighted by molar-refractivity contribution is 6.34. The molecule has 0 bridgehead atoms. The average Bonchev–Trinajstić information content (AvgIpc) is 2.99. The molecule has 0 fully saturated rings. The van der Waals surface area contributed by atoms with Crippen LogP contribution in [0.4, 0.5) is 5.69 Å². The first-order chi connectivity index (χ1) is 13.5. The van der Waals surface area contributed by atoms with Crippen molar-refractivity contribution in [3.8, 4) is 0 Å². The van der Waals surface area contributed by atoms with Gasteiger partial charge in [-0.3, -0.25) is 4.79 Å². The predicted octanol–water partition coefficient (Wildman–Crippen LogP) is 5.44. The molecule has 0 radical (unpaired) electrons. The molecule has 3 aromatic rings. The quantitative estimate of drug-likeness (QED) is 0.562. The van der Waals surface area contributed by atoms with E-state index in [0.717, 1.165) is 35.9 Å². The van der Waals surface area contributed by atoms with E-state index in [0.29, 0.717) is 22.0 Å². The second-order valence-corrected chi connectivity index (χ2v) is 7.04. The number of rotatable bonds is 6. The number of nitrogens with one attached hydrogen (secondary N) is 1. The van der Waals surface area contributed by atoms with E-state index >= 15 is 0 Å². The van der Waals surface area contributed by atoms with Gasteiger partial charge < -0.3 is 14.6 Å². The molecule has 1 amide bonds. The third-order valence-electron chi connectivity index (χ3n) is 4.81. The average molecular weight is 399 g/mol. The second kappa shape index (κ2) is 8.48. The van der Waals surface area contributed by atoms with Gasteiger partial charge in [-0.25, -0.2) is 4.79 Å². The van der Waals surface area contributed by atoms with E-state index in [1.807, 2.05) is 31.2 Å². The molecule has 5 nitrogen and oxygen atoms in total. The van der Waals surface area contributed by atoms with Crippen molar-refractivity contribution in [2.24, 2.45) is 0 Å². The minimum absolute atomic E-state index is 0.256. The van der Waals surface area contributed by atoms with Crippen LogP contribution in [0.5, 0.6) is 0 Å². The molecular weight excluding hydrogens is 376 g/mol. The normalized spacial score (nSPS) is 10.9. The lowest BCUT2D eigenvalue weighted by molar-refractivity contribution is 0.0600. The number of esters is 1. The lowest BCUT2D eigenvalue weighted by Crippen LogP contribution is -2.19. The number of ether oxygens (including phenoxy) is 1. The molecule has 2 aromatic carbocycles. The maximum Gasteiger partial charge on any atom is 0.337 e. The van der Waals surface area contributed by atoms with Gasteiger partial charge in [0.15, 0.2) is 0 Å². The van der Waals surface area contributed by atoms with Gasteiger partial charge in [0.05, 0.1) is 23.4 Å². The van der Waals surface area contributed by atoms with Gasteiger partial charge in [0.25, 0.3) is 5.91 Å². The van der Waals surface area contributed by atoms with E-state index in [1.165, 1.54) is 13.2 Å². The SMILES string of the molecule is CCCCn1c(C(=O)Nc2cc(C(=O)OC)ccc2Cl)c(C)c2ccccc21. The second-order valence-electron chi connectivity index (χ2n) is 6.64. The summed E-state index contributed by atoms with van der Waals surface area (Å²) in [5.74, 6) is -0.742. The van der Waals surface area contributed by atoms with Gasteiger partial charge in [-0.2, -0.15) is 0 Å². The summed E-state index contributed by atoms with van der Waals surface area (Å²) in [6, 6.07) is 12.7. The van der Waals surface area contributed by atoms with Crippen molar-refractivity contribution < 1.29 is 14.3 Å². The van der Waals surface area contributed by atoms with Gasteiger partial charge in [0, 0.05) is 17.4 Å². The summed E-state index contributed by atoms with van der Waals surface area (Å²) in [6.45, 7) is 4.83. The number of aromatic nitrogens is 1. The molecule has 0 aliphatic rings. The van der Waals surface area contributed by atoms with Crippen molar-refractivity contribution in [2.45, 2.75) is 33.2 Å². The Balaban J connectivity index is 2.02. The first kappa shape index (κ1) is 20.0. The molecule has 0 saturated heterocycles. The number of unbranched alkanes of at least 4 members (excludes halogenated alkanes) is 1. The smallest absolute Gasteiger partial charge is 0.337 e. The van der Waals surface area contributed by atoms with Crippen molar-refractivity contribution >= 4 is 40.1 Å². The van der Waals surface area contributed by atoms with Crippen molar-refractivity contribution in [3.05, 3.63) is 64.3 Å². The van der Waals surface area contributed by atoms with Gasteiger partial charge >= 0.3 is 5.97 Å². The number of para-hydroxylation sites is 1. The third kappa shape index (κ3) is 3.76. The molecule has 0 atom stereocenters. The van der Waals surface area contributed by atoms with Gasteiger partial charge in [-0.1, -0.05) is 43.1 Å². The van der Waals surface area contributed by atoms with Crippen LogP contribution in [-0.4, -0.2) is 23.6 Å². The molecular formula is C22H23ClN2O3. The number of carbonyl (C=O) groups is 2. The maximum absolute atomic E-state index is 13.2. The van der Waals surface area contributed by atoms with Crippen molar-refractivity contribution in [3.63, 3.8) is 0 Å². The Morgan fingerprint density at radius 2 is 1.93 bits per heavy atom. The van der Waals surface area contributed by atoms with E-state index in [4.69, 9.17) is 16.3 Å². The molecule has 0 spiro atoms. The Morgan fingerprint density at radius 3 is 2.64 bits per heavy atom. The van der Waals surface area contributed by atoms with E-state index in [2.05, 4.69) is 16.8 Å². The number of hydrogen-bond acceptors (Lipinski definition) is 3. The summed E-state index contributed by atoms with van der Waals surface area (Å²) in [5.41, 5.74) is 3.26. The van der Waals surface area contributed by atoms with Crippen LogP contribution in [0.2, 0.25) is 5.02 Å². The molecule has 1 heterocycles. The van der Waals surface area contributed by atoms with Crippen molar-refractivity contribution in [1.82, 2.24) is 4.57 Å². The fourth-order valence-electron chi connectivity index (χ4n) is 3.37. The topological polar surface area (TPSA) is 60.3 Å². The molecule has 0 aliphatic heterocycles. The summed E-state index contributed by atoms with van der Waals surface area (Å²) in [6.07, 6.45) is 2.00. The Morgan fingerprint density at radius 1 is 1.18 bits per heavy atom. The van der Waals surface area contributed by atoms with Crippen LogP contribution in [0.1, 0.15) is 46.2 Å². The minimum atomic E-state index is -0.486. The van der Waals surface area contributed by atoms with Crippen LogP contribution in [0.15, 0.2) is 42.5 Å². The maximum atomic E-state index is 13.2. The number of nitrogens with zero attached hydrogens (tertiary/aromatic N) is 1. The van der Waals surface area contributed by atoms with Crippen LogP contribution in [0.3, 0.4) is 0 Å². The molecule has 1 aromatic heterocycles. The highest BCUT2D eigenvalue weighted by Crippen LogP contribution is 2.29. The Bertz CT molecular complexity index is 1040. The highest BCUT2D eigenvalue weighted by Gasteiger charge is 2.21. The minimum Gasteiger partial charge on any atom is -0.465 e. The zero-order valence-electron chi connectivity index (χ0n) is 16.2. The molecule has 0 unspecified atom stereocenters. The fraction of sp³-hybridized carbons (Fsp3) is 0.273. The van der Waals surface area contributed by atoms with Crippen molar-refractivity contribution in [2.75, 3.05) is 12.4 Å². The fourth-order valence-corrected chi connectivity index (χ4v) is 3.53. The lowest BCUT2D eigenvalue weighted by atomic mass is 10.1. The first-order valence-corrected chi connectivity index (χ1v) is 9.62. The molecule has 146 valence electrons. The monoisotopic (exact) mass is 398 g/mol. The highest BCUT2D eigenvalue weighted by atomic mass is 35.5. The first-order valence-electron chi connectivity index (χ1n) is 9.25. The molecule has 3 rings (SSSR count). The molecule has 1 N–H and O–H groups in total. The number of anilines is 1. The standard InChI is InChI=1S/C22H23ClN2O3/c1-4-5-12-25-19-9-7-6-8-16(19)14(2)20(25)21(26)24-18-13-15(22(27)28-3)10-11-17(18)23/h6-11,13H,4-5,12H2,1-3H3,(H,24,26). The number of methoxy groups -OCH3 is 1. The summed E-state index contributed by atoms with van der Waals surface area (Å²) in [4.78, 5) is 25.0. The van der Waals surface area contributed by atoms with Crippen LogP contribution >= 0.6 is 11.6 Å². The Kier molecular flexibility index (Phi) is 6.05. The van der Waals surface area contributed by atoms with Crippen molar-refractivity contribution in [1.29, 1.82) is 0 Å². The van der Waals surface area contributed by atoms with Crippen LogP contribution in [0.25, 0.3) is 10.9 Å².